The van der Waals surface area contributed by atoms with Gasteiger partial charge in [-0.05, 0) is 6.07 Å². The van der Waals surface area contributed by atoms with Crippen LogP contribution in [-0.4, -0.2) is 16.1 Å². The lowest BCUT2D eigenvalue weighted by Crippen LogP contribution is -2.06. The molecule has 0 saturated carbocycles. The molecule has 0 saturated heterocycles. The number of aromatic nitrogens is 1. The van der Waals surface area contributed by atoms with Crippen molar-refractivity contribution >= 4 is 21.9 Å². The van der Waals surface area contributed by atoms with Crippen LogP contribution >= 0.6 is 15.9 Å². The molecule has 0 unspecified atom stereocenters. The van der Waals surface area contributed by atoms with Gasteiger partial charge < -0.3 is 5.11 Å². The zero-order chi connectivity index (χ0) is 9.14. The first-order chi connectivity index (χ1) is 5.66. The summed E-state index contributed by atoms with van der Waals surface area (Å²) in [6.07, 6.45) is 1.13. The van der Waals surface area contributed by atoms with E-state index in [0.29, 0.717) is 0 Å². The van der Waals surface area contributed by atoms with Crippen molar-refractivity contribution in [1.82, 2.24) is 4.98 Å². The molecule has 0 spiro atoms. The van der Waals surface area contributed by atoms with Gasteiger partial charge in [-0.15, -0.1) is 0 Å². The molecular formula is C7H5BrFNO2. The highest BCUT2D eigenvalue weighted by atomic mass is 79.9. The van der Waals surface area contributed by atoms with Crippen molar-refractivity contribution in [2.75, 3.05) is 0 Å². The first-order valence-corrected chi connectivity index (χ1v) is 4.21. The summed E-state index contributed by atoms with van der Waals surface area (Å²) in [7, 11) is 0. The van der Waals surface area contributed by atoms with Gasteiger partial charge in [0.2, 0.25) is 0 Å². The molecule has 1 rings (SSSR count). The third-order valence-corrected chi connectivity index (χ3v) is 1.90. The molecule has 0 amide bonds. The van der Waals surface area contributed by atoms with Gasteiger partial charge in [-0.1, -0.05) is 15.9 Å². The fourth-order valence-electron chi connectivity index (χ4n) is 0.780. The van der Waals surface area contributed by atoms with E-state index in [4.69, 9.17) is 5.11 Å². The van der Waals surface area contributed by atoms with Gasteiger partial charge in [0.1, 0.15) is 5.82 Å². The summed E-state index contributed by atoms with van der Waals surface area (Å²) < 4.78 is 12.9. The van der Waals surface area contributed by atoms with Crippen molar-refractivity contribution in [3.63, 3.8) is 0 Å². The summed E-state index contributed by atoms with van der Waals surface area (Å²) in [5.41, 5.74) is -0.170. The van der Waals surface area contributed by atoms with Gasteiger partial charge >= 0.3 is 5.97 Å². The van der Waals surface area contributed by atoms with Crippen LogP contribution in [0.5, 0.6) is 0 Å². The fourth-order valence-corrected chi connectivity index (χ4v) is 1.31. The Labute approximate surface area is 76.4 Å². The first kappa shape index (κ1) is 9.12. The van der Waals surface area contributed by atoms with Crippen molar-refractivity contribution in [2.45, 2.75) is 5.33 Å². The van der Waals surface area contributed by atoms with E-state index >= 15 is 0 Å². The van der Waals surface area contributed by atoms with Crippen LogP contribution in [0.15, 0.2) is 12.3 Å². The smallest absolute Gasteiger partial charge is 0.354 e. The number of rotatable bonds is 2. The number of alkyl halides is 1. The van der Waals surface area contributed by atoms with Crippen LogP contribution in [0.1, 0.15) is 16.1 Å². The Balaban J connectivity index is 3.27. The Morgan fingerprint density at radius 1 is 1.75 bits per heavy atom. The second-order valence-electron chi connectivity index (χ2n) is 2.06. The maximum atomic E-state index is 12.9. The van der Waals surface area contributed by atoms with Crippen LogP contribution in [0.4, 0.5) is 4.39 Å². The highest BCUT2D eigenvalue weighted by molar-refractivity contribution is 9.08. The number of nitrogens with zero attached hydrogens (tertiary/aromatic N) is 1. The molecule has 0 aliphatic carbocycles. The molecule has 3 nitrogen and oxygen atoms in total. The monoisotopic (exact) mass is 233 g/mol. The molecule has 0 radical (unpaired) electrons. The van der Waals surface area contributed by atoms with Crippen LogP contribution in [-0.2, 0) is 5.33 Å². The Hall–Kier alpha value is -0.970. The Bertz CT molecular complexity index is 316. The number of pyridine rings is 1. The number of hydrogen-bond acceptors (Lipinski definition) is 2. The molecule has 1 N–H and O–H groups in total. The van der Waals surface area contributed by atoms with E-state index in [-0.39, 0.29) is 16.6 Å². The second-order valence-corrected chi connectivity index (χ2v) is 2.62. The average Bonchev–Trinajstić information content (AvgIpc) is 2.03. The van der Waals surface area contributed by atoms with Gasteiger partial charge in [0, 0.05) is 17.1 Å². The summed E-state index contributed by atoms with van der Waals surface area (Å²) in [6, 6.07) is 1.13. The largest absolute Gasteiger partial charge is 0.477 e. The van der Waals surface area contributed by atoms with Gasteiger partial charge in [-0.25, -0.2) is 14.2 Å². The molecule has 64 valence electrons. The summed E-state index contributed by atoms with van der Waals surface area (Å²) in [4.78, 5) is 14.0. The number of carboxylic acids is 1. The molecule has 0 bridgehead atoms. The van der Waals surface area contributed by atoms with Crippen LogP contribution in [0.25, 0.3) is 0 Å². The molecule has 1 heterocycles. The van der Waals surface area contributed by atoms with Gasteiger partial charge in [0.05, 0.1) is 0 Å². The molecule has 1 aromatic heterocycles. The lowest BCUT2D eigenvalue weighted by molar-refractivity contribution is 0.0689. The molecule has 12 heavy (non-hydrogen) atoms. The predicted molar refractivity (Wildman–Crippen MR) is 43.8 cm³/mol. The van der Waals surface area contributed by atoms with Gasteiger partial charge in [0.25, 0.3) is 0 Å². The van der Waals surface area contributed by atoms with Crippen molar-refractivity contribution in [3.8, 4) is 0 Å². The van der Waals surface area contributed by atoms with Crippen LogP contribution in [0, 0.1) is 5.82 Å². The highest BCUT2D eigenvalue weighted by Gasteiger charge is 2.13. The molecule has 5 heteroatoms. The predicted octanol–water partition coefficient (Wildman–Crippen LogP) is 1.81. The maximum Gasteiger partial charge on any atom is 0.354 e. The summed E-state index contributed by atoms with van der Waals surface area (Å²) >= 11 is 2.98. The van der Waals surface area contributed by atoms with Gasteiger partial charge in [0.15, 0.2) is 5.69 Å². The van der Waals surface area contributed by atoms with E-state index in [9.17, 15) is 9.18 Å². The molecule has 0 aromatic carbocycles. The minimum Gasteiger partial charge on any atom is -0.477 e. The van der Waals surface area contributed by atoms with Gasteiger partial charge in [-0.3, -0.25) is 0 Å². The fraction of sp³-hybridized carbons (Fsp3) is 0.143. The number of carbonyl (C=O) groups is 1. The Morgan fingerprint density at radius 3 is 2.83 bits per heavy atom. The van der Waals surface area contributed by atoms with E-state index in [2.05, 4.69) is 20.9 Å². The summed E-state index contributed by atoms with van der Waals surface area (Å²) in [5, 5.41) is 8.72. The van der Waals surface area contributed by atoms with E-state index < -0.39 is 11.8 Å². The van der Waals surface area contributed by atoms with E-state index in [1.54, 1.807) is 0 Å². The third kappa shape index (κ3) is 1.61. The molecular weight excluding hydrogens is 229 g/mol. The van der Waals surface area contributed by atoms with Crippen molar-refractivity contribution < 1.29 is 14.3 Å². The lowest BCUT2D eigenvalue weighted by Gasteiger charge is -2.01. The van der Waals surface area contributed by atoms with Gasteiger partial charge in [-0.2, -0.15) is 0 Å². The zero-order valence-electron chi connectivity index (χ0n) is 5.92. The topological polar surface area (TPSA) is 50.2 Å². The summed E-state index contributed by atoms with van der Waals surface area (Å²) in [5.74, 6) is -1.77. The number of carboxylic acid groups (broad SMARTS) is 1. The summed E-state index contributed by atoms with van der Waals surface area (Å²) in [6.45, 7) is 0. The molecule has 1 aromatic rings. The van der Waals surface area contributed by atoms with Crippen molar-refractivity contribution in [1.29, 1.82) is 0 Å². The lowest BCUT2D eigenvalue weighted by atomic mass is 10.2. The number of hydrogen-bond donors (Lipinski definition) is 1. The average molecular weight is 234 g/mol. The minimum absolute atomic E-state index is 0.0741. The number of aromatic carboxylic acids is 1. The SMILES string of the molecule is O=C(O)c1nccc(F)c1CBr. The normalized spacial score (nSPS) is 9.83. The first-order valence-electron chi connectivity index (χ1n) is 3.09. The van der Waals surface area contributed by atoms with Crippen LogP contribution < -0.4 is 0 Å². The Morgan fingerprint density at radius 2 is 2.42 bits per heavy atom. The third-order valence-electron chi connectivity index (χ3n) is 1.33. The van der Waals surface area contributed by atoms with E-state index in [0.717, 1.165) is 12.3 Å². The van der Waals surface area contributed by atoms with Crippen LogP contribution in [0.2, 0.25) is 0 Å². The molecule has 0 aliphatic heterocycles. The standard InChI is InChI=1S/C7H5BrFNO2/c8-3-4-5(9)1-2-10-6(4)7(11)12/h1-2H,3H2,(H,11,12). The molecule has 0 fully saturated rings. The van der Waals surface area contributed by atoms with Crippen LogP contribution in [0.3, 0.4) is 0 Å². The highest BCUT2D eigenvalue weighted by Crippen LogP contribution is 2.14. The van der Waals surface area contributed by atoms with E-state index in [1.165, 1.54) is 0 Å². The van der Waals surface area contributed by atoms with Crippen molar-refractivity contribution in [2.24, 2.45) is 0 Å². The number of halogens is 2. The zero-order valence-corrected chi connectivity index (χ0v) is 7.51. The van der Waals surface area contributed by atoms with Crippen molar-refractivity contribution in [3.05, 3.63) is 29.3 Å². The van der Waals surface area contributed by atoms with E-state index in [1.807, 2.05) is 0 Å². The maximum absolute atomic E-state index is 12.9. The second kappa shape index (κ2) is 3.62. The Kier molecular flexibility index (Phi) is 2.75. The quantitative estimate of drug-likeness (QED) is 0.794. The molecule has 0 aliphatic rings. The molecule has 0 atom stereocenters. The minimum atomic E-state index is -1.22.